The minimum atomic E-state index is -0.659. The van der Waals surface area contributed by atoms with Crippen LogP contribution in [-0.4, -0.2) is 58.3 Å². The van der Waals surface area contributed by atoms with Gasteiger partial charge >= 0.3 is 6.09 Å². The number of hydrogen-bond acceptors (Lipinski definition) is 4. The lowest BCUT2D eigenvalue weighted by atomic mass is 9.84. The molecule has 0 bridgehead atoms. The largest absolute Gasteiger partial charge is 0.444 e. The summed E-state index contributed by atoms with van der Waals surface area (Å²) in [7, 11) is 0. The molecule has 6 heteroatoms. The summed E-state index contributed by atoms with van der Waals surface area (Å²) < 4.78 is 5.50. The third-order valence-electron chi connectivity index (χ3n) is 10.1. The average molecular weight is 739 g/mol. The van der Waals surface area contributed by atoms with E-state index >= 15 is 0 Å². The number of amides is 2. The van der Waals surface area contributed by atoms with Gasteiger partial charge in [-0.05, 0) is 60.9 Å². The van der Waals surface area contributed by atoms with Crippen LogP contribution < -0.4 is 0 Å². The predicted octanol–water partition coefficient (Wildman–Crippen LogP) is 10.8. The van der Waals surface area contributed by atoms with Gasteiger partial charge in [0.25, 0.3) is 0 Å². The first-order valence-electron chi connectivity index (χ1n) is 19.3. The van der Waals surface area contributed by atoms with Gasteiger partial charge in [-0.1, -0.05) is 166 Å². The second-order valence-electron chi connectivity index (χ2n) is 15.7. The maximum absolute atomic E-state index is 14.5. The highest BCUT2D eigenvalue weighted by molar-refractivity contribution is 8.01. The van der Waals surface area contributed by atoms with E-state index in [4.69, 9.17) is 4.74 Å². The van der Waals surface area contributed by atoms with E-state index in [-0.39, 0.29) is 35.1 Å². The molecule has 2 atom stereocenters. The van der Waals surface area contributed by atoms with Crippen LogP contribution in [0.25, 0.3) is 0 Å². The molecule has 6 rings (SSSR count). The van der Waals surface area contributed by atoms with Crippen molar-refractivity contribution in [3.8, 4) is 0 Å². The summed E-state index contributed by atoms with van der Waals surface area (Å²) in [5, 5.41) is -0.0283. The van der Waals surface area contributed by atoms with E-state index in [2.05, 4.69) is 153 Å². The van der Waals surface area contributed by atoms with Crippen molar-refractivity contribution in [2.75, 3.05) is 19.6 Å². The maximum atomic E-state index is 14.5. The molecule has 5 nitrogen and oxygen atoms in total. The molecule has 0 saturated carbocycles. The molecule has 0 N–H and O–H groups in total. The maximum Gasteiger partial charge on any atom is 0.410 e. The molecule has 2 amide bonds. The summed E-state index contributed by atoms with van der Waals surface area (Å²) in [5.41, 5.74) is 5.16. The van der Waals surface area contributed by atoms with Crippen molar-refractivity contribution < 1.29 is 14.3 Å². The zero-order valence-electron chi connectivity index (χ0n) is 32.3. The van der Waals surface area contributed by atoms with Crippen molar-refractivity contribution in [2.24, 2.45) is 5.92 Å². The highest BCUT2D eigenvalue weighted by Gasteiger charge is 2.47. The lowest BCUT2D eigenvalue weighted by Gasteiger charge is -2.41. The molecule has 0 spiro atoms. The Labute approximate surface area is 326 Å². The van der Waals surface area contributed by atoms with E-state index < -0.39 is 10.3 Å². The molecule has 0 aromatic heterocycles. The van der Waals surface area contributed by atoms with E-state index in [1.807, 2.05) is 54.5 Å². The molecular weight excluding hydrogens is 685 g/mol. The number of carbonyl (C=O) groups excluding carboxylic acids is 2. The van der Waals surface area contributed by atoms with E-state index in [1.165, 1.54) is 16.7 Å². The first-order valence-corrected chi connectivity index (χ1v) is 20.1. The van der Waals surface area contributed by atoms with Gasteiger partial charge in [-0.2, -0.15) is 0 Å². The Morgan fingerprint density at radius 3 is 1.54 bits per heavy atom. The molecule has 2 unspecified atom stereocenters. The minimum absolute atomic E-state index is 0.0283. The van der Waals surface area contributed by atoms with Crippen molar-refractivity contribution in [3.63, 3.8) is 0 Å². The average Bonchev–Trinajstić information content (AvgIpc) is 3.58. The zero-order valence-corrected chi connectivity index (χ0v) is 33.1. The molecule has 280 valence electrons. The standard InChI is InChI=1S/C48H54N2O3S/c1-36(2)33-45(51)49(34-42(37-21-11-6-12-22-37)38-23-13-7-14-24-38)35-43-44(31-32-50(43)46(52)53-47(3,4)5)54-48(39-25-15-8-16-26-39,40-27-17-9-18-28-40)41-29-19-10-20-30-41/h6-30,36,42-44H,31-35H2,1-5H3. The molecule has 54 heavy (non-hydrogen) atoms. The Hall–Kier alpha value is -4.81. The Balaban J connectivity index is 1.46. The van der Waals surface area contributed by atoms with Crippen LogP contribution in [0.15, 0.2) is 152 Å². The lowest BCUT2D eigenvalue weighted by Crippen LogP contribution is -2.51. The van der Waals surface area contributed by atoms with Gasteiger partial charge in [-0.3, -0.25) is 4.79 Å². The fourth-order valence-corrected chi connectivity index (χ4v) is 9.54. The number of likely N-dealkylation sites (tertiary alicyclic amines) is 1. The Kier molecular flexibility index (Phi) is 12.6. The van der Waals surface area contributed by atoms with Gasteiger partial charge in [0.05, 0.1) is 10.8 Å². The number of hydrogen-bond donors (Lipinski definition) is 0. The molecule has 1 aliphatic rings. The third-order valence-corrected chi connectivity index (χ3v) is 12.0. The second-order valence-corrected chi connectivity index (χ2v) is 17.2. The molecule has 5 aromatic rings. The van der Waals surface area contributed by atoms with Crippen molar-refractivity contribution in [3.05, 3.63) is 179 Å². The summed E-state index contributed by atoms with van der Waals surface area (Å²) in [4.78, 5) is 32.6. The van der Waals surface area contributed by atoms with Crippen LogP contribution in [-0.2, 0) is 14.3 Å². The molecule has 0 radical (unpaired) electrons. The molecule has 0 aliphatic carbocycles. The molecule has 5 aromatic carbocycles. The summed E-state index contributed by atoms with van der Waals surface area (Å²) >= 11 is 1.90. The van der Waals surface area contributed by atoms with Gasteiger partial charge in [0, 0.05) is 37.2 Å². The molecule has 1 fully saturated rings. The number of benzene rings is 5. The van der Waals surface area contributed by atoms with Gasteiger partial charge in [0.2, 0.25) is 5.91 Å². The number of thioether (sulfide) groups is 1. The Morgan fingerprint density at radius 1 is 0.704 bits per heavy atom. The van der Waals surface area contributed by atoms with Crippen molar-refractivity contribution in [2.45, 2.75) is 75.0 Å². The molecule has 1 heterocycles. The highest BCUT2D eigenvalue weighted by atomic mass is 32.2. The van der Waals surface area contributed by atoms with Crippen LogP contribution in [0, 0.1) is 5.92 Å². The van der Waals surface area contributed by atoms with E-state index in [9.17, 15) is 9.59 Å². The van der Waals surface area contributed by atoms with Gasteiger partial charge in [0.1, 0.15) is 5.60 Å². The van der Waals surface area contributed by atoms with E-state index in [1.54, 1.807) is 0 Å². The number of nitrogens with zero attached hydrogens (tertiary/aromatic N) is 2. The normalized spacial score (nSPS) is 16.1. The van der Waals surface area contributed by atoms with E-state index in [0.29, 0.717) is 26.1 Å². The van der Waals surface area contributed by atoms with Crippen LogP contribution in [0.4, 0.5) is 4.79 Å². The lowest BCUT2D eigenvalue weighted by molar-refractivity contribution is -0.132. The number of ether oxygens (including phenoxy) is 1. The zero-order chi connectivity index (χ0) is 38.1. The minimum Gasteiger partial charge on any atom is -0.444 e. The number of carbonyl (C=O) groups is 2. The van der Waals surface area contributed by atoms with Gasteiger partial charge < -0.3 is 14.5 Å². The first-order chi connectivity index (χ1) is 26.0. The van der Waals surface area contributed by atoms with Crippen LogP contribution in [0.2, 0.25) is 0 Å². The molecule has 1 saturated heterocycles. The number of rotatable bonds is 13. The van der Waals surface area contributed by atoms with Crippen molar-refractivity contribution in [1.82, 2.24) is 9.80 Å². The molecular formula is C48H54N2O3S. The predicted molar refractivity (Wildman–Crippen MR) is 223 cm³/mol. The molecule has 1 aliphatic heterocycles. The van der Waals surface area contributed by atoms with Gasteiger partial charge in [-0.25, -0.2) is 4.79 Å². The third kappa shape index (κ3) is 9.27. The van der Waals surface area contributed by atoms with Gasteiger partial charge in [-0.15, -0.1) is 11.8 Å². The highest BCUT2D eigenvalue weighted by Crippen LogP contribution is 2.53. The fraction of sp³-hybridized carbons (Fsp3) is 0.333. The smallest absolute Gasteiger partial charge is 0.410 e. The topological polar surface area (TPSA) is 49.9 Å². The van der Waals surface area contributed by atoms with Crippen LogP contribution in [0.3, 0.4) is 0 Å². The van der Waals surface area contributed by atoms with E-state index in [0.717, 1.165) is 17.5 Å². The Morgan fingerprint density at radius 2 is 1.13 bits per heavy atom. The summed E-state index contributed by atoms with van der Waals surface area (Å²) in [5.74, 6) is 0.245. The van der Waals surface area contributed by atoms with Crippen LogP contribution in [0.1, 0.15) is 81.2 Å². The first kappa shape index (κ1) is 38.9. The summed E-state index contributed by atoms with van der Waals surface area (Å²) in [6, 6.07) is 52.7. The van der Waals surface area contributed by atoms with Crippen molar-refractivity contribution in [1.29, 1.82) is 0 Å². The van der Waals surface area contributed by atoms with Crippen LogP contribution >= 0.6 is 11.8 Å². The SMILES string of the molecule is CC(C)CC(=O)N(CC(c1ccccc1)c1ccccc1)CC1C(SC(c2ccccc2)(c2ccccc2)c2ccccc2)CCN1C(=O)OC(C)(C)C. The second kappa shape index (κ2) is 17.6. The summed E-state index contributed by atoms with van der Waals surface area (Å²) in [6.45, 7) is 11.4. The monoisotopic (exact) mass is 738 g/mol. The Bertz CT molecular complexity index is 1780. The quantitative estimate of drug-likeness (QED) is 0.113. The summed E-state index contributed by atoms with van der Waals surface area (Å²) in [6.07, 6.45) is 0.852. The van der Waals surface area contributed by atoms with Crippen LogP contribution in [0.5, 0.6) is 0 Å². The van der Waals surface area contributed by atoms with Crippen molar-refractivity contribution >= 4 is 23.8 Å². The fourth-order valence-electron chi connectivity index (χ4n) is 7.65. The van der Waals surface area contributed by atoms with Gasteiger partial charge in [0.15, 0.2) is 0 Å².